The molecular formula is C20H16N4O4S2. The van der Waals surface area contributed by atoms with Crippen molar-refractivity contribution in [3.05, 3.63) is 65.3 Å². The zero-order valence-electron chi connectivity index (χ0n) is 16.0. The van der Waals surface area contributed by atoms with Gasteiger partial charge >= 0.3 is 0 Å². The average Bonchev–Trinajstić information content (AvgIpc) is 3.37. The fourth-order valence-electron chi connectivity index (χ4n) is 2.82. The van der Waals surface area contributed by atoms with Gasteiger partial charge in [0.1, 0.15) is 11.3 Å². The van der Waals surface area contributed by atoms with Gasteiger partial charge in [-0.25, -0.2) is 13.4 Å². The lowest BCUT2D eigenvalue weighted by Gasteiger charge is -2.03. The first-order valence-electron chi connectivity index (χ1n) is 8.77. The summed E-state index contributed by atoms with van der Waals surface area (Å²) in [6.45, 7) is 1.94. The molecule has 0 aliphatic rings. The van der Waals surface area contributed by atoms with Crippen LogP contribution < -0.4 is 5.32 Å². The molecule has 1 aromatic carbocycles. The van der Waals surface area contributed by atoms with Crippen LogP contribution in [-0.2, 0) is 9.84 Å². The van der Waals surface area contributed by atoms with Gasteiger partial charge in [0.25, 0.3) is 5.91 Å². The van der Waals surface area contributed by atoms with Crippen molar-refractivity contribution in [1.29, 1.82) is 0 Å². The molecule has 0 unspecified atom stereocenters. The summed E-state index contributed by atoms with van der Waals surface area (Å²) >= 11 is 1.28. The van der Waals surface area contributed by atoms with E-state index < -0.39 is 15.7 Å². The maximum atomic E-state index is 12.8. The smallest absolute Gasteiger partial charge is 0.263 e. The number of benzene rings is 1. The Bertz CT molecular complexity index is 1320. The second kappa shape index (κ2) is 7.81. The minimum absolute atomic E-state index is 0.178. The highest BCUT2D eigenvalue weighted by Crippen LogP contribution is 2.28. The lowest BCUT2D eigenvalue weighted by Crippen LogP contribution is -2.12. The van der Waals surface area contributed by atoms with E-state index in [4.69, 9.17) is 4.52 Å². The van der Waals surface area contributed by atoms with Crippen LogP contribution in [0.25, 0.3) is 22.7 Å². The van der Waals surface area contributed by atoms with Crippen LogP contribution in [0.1, 0.15) is 15.9 Å². The number of hydrogen-bond donors (Lipinski definition) is 1. The molecule has 0 saturated heterocycles. The number of carbonyl (C=O) groups is 1. The Kier molecular flexibility index (Phi) is 5.18. The van der Waals surface area contributed by atoms with Crippen LogP contribution in [0.4, 0.5) is 5.13 Å². The van der Waals surface area contributed by atoms with Gasteiger partial charge < -0.3 is 4.52 Å². The number of carbonyl (C=O) groups excluding carboxylic acids is 1. The van der Waals surface area contributed by atoms with Crippen molar-refractivity contribution in [3.8, 4) is 22.7 Å². The molecule has 0 aliphatic carbocycles. The number of thiazole rings is 1. The molecule has 0 aliphatic heterocycles. The maximum absolute atomic E-state index is 12.8. The fraction of sp³-hybridized carbons (Fsp3) is 0.100. The van der Waals surface area contributed by atoms with Crippen LogP contribution in [0.3, 0.4) is 0 Å². The Balaban J connectivity index is 1.56. The zero-order chi connectivity index (χ0) is 21.3. The van der Waals surface area contributed by atoms with E-state index in [0.717, 1.165) is 17.5 Å². The highest BCUT2D eigenvalue weighted by Gasteiger charge is 2.20. The van der Waals surface area contributed by atoms with Gasteiger partial charge in [-0.15, -0.1) is 11.3 Å². The van der Waals surface area contributed by atoms with Crippen LogP contribution in [0.2, 0.25) is 0 Å². The van der Waals surface area contributed by atoms with Crippen molar-refractivity contribution in [1.82, 2.24) is 15.1 Å². The van der Waals surface area contributed by atoms with Gasteiger partial charge in [0.15, 0.2) is 20.7 Å². The third-order valence-electron chi connectivity index (χ3n) is 4.34. The summed E-state index contributed by atoms with van der Waals surface area (Å²) in [4.78, 5) is 21.7. The van der Waals surface area contributed by atoms with Gasteiger partial charge in [-0.2, -0.15) is 0 Å². The molecule has 3 aromatic heterocycles. The Morgan fingerprint density at radius 3 is 2.63 bits per heavy atom. The molecule has 1 N–H and O–H groups in total. The van der Waals surface area contributed by atoms with E-state index in [-0.39, 0.29) is 16.2 Å². The van der Waals surface area contributed by atoms with Crippen molar-refractivity contribution >= 4 is 32.2 Å². The molecular weight excluding hydrogens is 424 g/mol. The third kappa shape index (κ3) is 4.00. The van der Waals surface area contributed by atoms with Gasteiger partial charge in [-0.1, -0.05) is 11.2 Å². The number of hydrogen-bond acceptors (Lipinski definition) is 8. The maximum Gasteiger partial charge on any atom is 0.263 e. The number of amides is 1. The molecule has 0 radical (unpaired) electrons. The monoisotopic (exact) mass is 440 g/mol. The second-order valence-electron chi connectivity index (χ2n) is 6.53. The van der Waals surface area contributed by atoms with Crippen molar-refractivity contribution in [2.24, 2.45) is 0 Å². The van der Waals surface area contributed by atoms with Crippen LogP contribution in [0.5, 0.6) is 0 Å². The van der Waals surface area contributed by atoms with Crippen molar-refractivity contribution in [2.75, 3.05) is 11.6 Å². The minimum atomic E-state index is -3.32. The quantitative estimate of drug-likeness (QED) is 0.501. The van der Waals surface area contributed by atoms with Crippen molar-refractivity contribution < 1.29 is 17.7 Å². The Hall–Kier alpha value is -3.37. The first kappa shape index (κ1) is 19.9. The number of nitrogens with one attached hydrogen (secondary N) is 1. The lowest BCUT2D eigenvalue weighted by molar-refractivity contribution is 0.102. The number of aromatic nitrogens is 3. The van der Waals surface area contributed by atoms with Crippen molar-refractivity contribution in [3.63, 3.8) is 0 Å². The number of sulfone groups is 1. The third-order valence-corrected chi connectivity index (χ3v) is 6.22. The summed E-state index contributed by atoms with van der Waals surface area (Å²) in [6.07, 6.45) is 4.13. The molecule has 0 atom stereocenters. The van der Waals surface area contributed by atoms with Crippen LogP contribution in [0.15, 0.2) is 63.6 Å². The first-order valence-corrected chi connectivity index (χ1v) is 11.5. The fourth-order valence-corrected chi connectivity index (χ4v) is 4.14. The van der Waals surface area contributed by atoms with E-state index in [0.29, 0.717) is 16.4 Å². The highest BCUT2D eigenvalue weighted by molar-refractivity contribution is 7.90. The zero-order valence-corrected chi connectivity index (χ0v) is 17.6. The number of rotatable bonds is 5. The standard InChI is InChI=1S/C20H16N4O4S2/c1-12-4-3-9-21-17(12)16-11-29-20(23-16)24-19(25)15-10-22-28-18(15)13-5-7-14(8-6-13)30(2,26)27/h3-11H,1-2H3,(H,23,24,25). The van der Waals surface area contributed by atoms with Gasteiger partial charge in [-0.05, 0) is 42.8 Å². The van der Waals surface area contributed by atoms with Crippen molar-refractivity contribution in [2.45, 2.75) is 11.8 Å². The van der Waals surface area contributed by atoms with Gasteiger partial charge in [0.2, 0.25) is 0 Å². The Labute approximate surface area is 176 Å². The highest BCUT2D eigenvalue weighted by atomic mass is 32.2. The van der Waals surface area contributed by atoms with E-state index in [1.54, 1.807) is 18.3 Å². The largest absolute Gasteiger partial charge is 0.355 e. The second-order valence-corrected chi connectivity index (χ2v) is 9.40. The number of pyridine rings is 1. The molecule has 30 heavy (non-hydrogen) atoms. The van der Waals surface area contributed by atoms with Gasteiger partial charge in [-0.3, -0.25) is 15.1 Å². The predicted molar refractivity (Wildman–Crippen MR) is 113 cm³/mol. The van der Waals surface area contributed by atoms with Crippen LogP contribution in [-0.4, -0.2) is 35.7 Å². The normalized spacial score (nSPS) is 11.4. The summed E-state index contributed by atoms with van der Waals surface area (Å²) in [5.74, 6) is -0.193. The molecule has 152 valence electrons. The number of aryl methyl sites for hydroxylation is 1. The Morgan fingerprint density at radius 1 is 1.17 bits per heavy atom. The van der Waals surface area contributed by atoms with Gasteiger partial charge in [0, 0.05) is 23.4 Å². The summed E-state index contributed by atoms with van der Waals surface area (Å²) in [6, 6.07) is 9.84. The number of anilines is 1. The molecule has 1 amide bonds. The lowest BCUT2D eigenvalue weighted by atomic mass is 10.1. The topological polar surface area (TPSA) is 115 Å². The van der Waals surface area contributed by atoms with Crippen LogP contribution >= 0.6 is 11.3 Å². The summed E-state index contributed by atoms with van der Waals surface area (Å²) in [5.41, 5.74) is 3.17. The molecule has 0 bridgehead atoms. The van der Waals surface area contributed by atoms with Crippen LogP contribution in [0, 0.1) is 6.92 Å². The molecule has 0 fully saturated rings. The minimum Gasteiger partial charge on any atom is -0.355 e. The molecule has 4 aromatic rings. The predicted octanol–water partition coefficient (Wildman–Crippen LogP) is 3.82. The van der Waals surface area contributed by atoms with E-state index in [9.17, 15) is 13.2 Å². The van der Waals surface area contributed by atoms with E-state index >= 15 is 0 Å². The first-order chi connectivity index (χ1) is 14.3. The molecule has 0 spiro atoms. The molecule has 10 heteroatoms. The summed E-state index contributed by atoms with van der Waals surface area (Å²) in [7, 11) is -3.32. The van der Waals surface area contributed by atoms with Gasteiger partial charge in [0.05, 0.1) is 16.8 Å². The Morgan fingerprint density at radius 2 is 1.93 bits per heavy atom. The van der Waals surface area contributed by atoms with E-state index in [1.807, 2.05) is 24.4 Å². The molecule has 4 rings (SSSR count). The summed E-state index contributed by atoms with van der Waals surface area (Å²) < 4.78 is 28.5. The average molecular weight is 441 g/mol. The SMILES string of the molecule is Cc1cccnc1-c1csc(NC(=O)c2cnoc2-c2ccc(S(C)(=O)=O)cc2)n1. The van der Waals surface area contributed by atoms with E-state index in [2.05, 4.69) is 20.4 Å². The molecule has 3 heterocycles. The number of nitrogens with zero attached hydrogens (tertiary/aromatic N) is 3. The molecule has 0 saturated carbocycles. The molecule has 8 nitrogen and oxygen atoms in total. The van der Waals surface area contributed by atoms with E-state index in [1.165, 1.54) is 29.7 Å². The summed E-state index contributed by atoms with van der Waals surface area (Å²) in [5, 5.41) is 8.70.